The molecule has 7 heteroatoms. The summed E-state index contributed by atoms with van der Waals surface area (Å²) in [4.78, 5) is 29.2. The standard InChI is InChI=1S/C13H23N3O4/c1-13(2)9-15(5-4-14(13)3)12(19)16-6-7-20-8-10(16)11(17)18/h10H,4-9H2,1-3H3,(H,17,18). The second-order valence-electron chi connectivity index (χ2n) is 6.06. The van der Waals surface area contributed by atoms with Crippen molar-refractivity contribution in [2.45, 2.75) is 25.4 Å². The quantitative estimate of drug-likeness (QED) is 0.729. The van der Waals surface area contributed by atoms with Crippen LogP contribution in [0.2, 0.25) is 0 Å². The minimum absolute atomic E-state index is 0.0677. The first-order valence-electron chi connectivity index (χ1n) is 6.90. The summed E-state index contributed by atoms with van der Waals surface area (Å²) in [5.74, 6) is -1.01. The van der Waals surface area contributed by atoms with Crippen molar-refractivity contribution in [1.29, 1.82) is 0 Å². The summed E-state index contributed by atoms with van der Waals surface area (Å²) in [6.45, 7) is 6.99. The molecule has 1 unspecified atom stereocenters. The van der Waals surface area contributed by atoms with E-state index >= 15 is 0 Å². The maximum absolute atomic E-state index is 12.6. The van der Waals surface area contributed by atoms with Crippen LogP contribution in [-0.2, 0) is 9.53 Å². The molecule has 2 fully saturated rings. The van der Waals surface area contributed by atoms with E-state index in [4.69, 9.17) is 4.74 Å². The van der Waals surface area contributed by atoms with Crippen molar-refractivity contribution < 1.29 is 19.4 Å². The van der Waals surface area contributed by atoms with Crippen LogP contribution in [0.4, 0.5) is 4.79 Å². The van der Waals surface area contributed by atoms with Gasteiger partial charge in [0.05, 0.1) is 13.2 Å². The molecule has 0 aromatic carbocycles. The molecule has 2 saturated heterocycles. The molecular formula is C13H23N3O4. The lowest BCUT2D eigenvalue weighted by atomic mass is 10.00. The van der Waals surface area contributed by atoms with Crippen LogP contribution in [0.1, 0.15) is 13.8 Å². The van der Waals surface area contributed by atoms with E-state index < -0.39 is 12.0 Å². The number of carboxylic acids is 1. The van der Waals surface area contributed by atoms with Crippen LogP contribution < -0.4 is 0 Å². The van der Waals surface area contributed by atoms with Gasteiger partial charge in [0, 0.05) is 31.7 Å². The number of hydrogen-bond donors (Lipinski definition) is 1. The number of likely N-dealkylation sites (N-methyl/N-ethyl adjacent to an activating group) is 1. The van der Waals surface area contributed by atoms with Gasteiger partial charge in [0.2, 0.25) is 0 Å². The highest BCUT2D eigenvalue weighted by Crippen LogP contribution is 2.21. The smallest absolute Gasteiger partial charge is 0.328 e. The number of morpholine rings is 1. The normalized spacial score (nSPS) is 27.4. The fourth-order valence-electron chi connectivity index (χ4n) is 2.62. The molecule has 2 amide bonds. The van der Waals surface area contributed by atoms with Crippen molar-refractivity contribution >= 4 is 12.0 Å². The van der Waals surface area contributed by atoms with Gasteiger partial charge < -0.3 is 19.6 Å². The highest BCUT2D eigenvalue weighted by Gasteiger charge is 2.39. The van der Waals surface area contributed by atoms with Crippen LogP contribution in [-0.4, -0.2) is 89.8 Å². The number of carbonyl (C=O) groups excluding carboxylic acids is 1. The summed E-state index contributed by atoms with van der Waals surface area (Å²) in [7, 11) is 2.04. The number of nitrogens with zero attached hydrogens (tertiary/aromatic N) is 3. The molecule has 2 aliphatic heterocycles. The summed E-state index contributed by atoms with van der Waals surface area (Å²) < 4.78 is 5.17. The first kappa shape index (κ1) is 15.1. The van der Waals surface area contributed by atoms with Crippen molar-refractivity contribution in [1.82, 2.24) is 14.7 Å². The number of aliphatic carboxylic acids is 1. The summed E-state index contributed by atoms with van der Waals surface area (Å²) in [5.41, 5.74) is -0.0983. The molecule has 20 heavy (non-hydrogen) atoms. The summed E-state index contributed by atoms with van der Waals surface area (Å²) in [5, 5.41) is 9.20. The Balaban J connectivity index is 2.08. The van der Waals surface area contributed by atoms with Gasteiger partial charge in [-0.25, -0.2) is 9.59 Å². The van der Waals surface area contributed by atoms with E-state index in [2.05, 4.69) is 18.7 Å². The van der Waals surface area contributed by atoms with Gasteiger partial charge in [-0.1, -0.05) is 0 Å². The molecule has 0 saturated carbocycles. The number of piperazine rings is 1. The molecule has 0 spiro atoms. The van der Waals surface area contributed by atoms with Gasteiger partial charge >= 0.3 is 12.0 Å². The average molecular weight is 285 g/mol. The molecule has 1 N–H and O–H groups in total. The van der Waals surface area contributed by atoms with Crippen molar-refractivity contribution in [3.8, 4) is 0 Å². The maximum atomic E-state index is 12.6. The Hall–Kier alpha value is -1.34. The molecule has 0 aromatic rings. The van der Waals surface area contributed by atoms with Gasteiger partial charge in [-0.2, -0.15) is 0 Å². The van der Waals surface area contributed by atoms with Crippen LogP contribution in [0.25, 0.3) is 0 Å². The molecule has 1 atom stereocenters. The maximum Gasteiger partial charge on any atom is 0.328 e. The number of carboxylic acid groups (broad SMARTS) is 1. The predicted octanol–water partition coefficient (Wildman–Crippen LogP) is -0.0822. The molecular weight excluding hydrogens is 262 g/mol. The molecule has 0 aromatic heterocycles. The predicted molar refractivity (Wildman–Crippen MR) is 72.6 cm³/mol. The molecule has 114 valence electrons. The Morgan fingerprint density at radius 1 is 1.25 bits per heavy atom. The van der Waals surface area contributed by atoms with Gasteiger partial charge in [-0.3, -0.25) is 4.90 Å². The number of ether oxygens (including phenoxy) is 1. The first-order chi connectivity index (χ1) is 9.33. The van der Waals surface area contributed by atoms with Crippen molar-refractivity contribution in [2.75, 3.05) is 46.4 Å². The Kier molecular flexibility index (Phi) is 4.19. The van der Waals surface area contributed by atoms with Crippen molar-refractivity contribution in [3.05, 3.63) is 0 Å². The van der Waals surface area contributed by atoms with E-state index in [1.165, 1.54) is 4.90 Å². The molecule has 7 nitrogen and oxygen atoms in total. The third kappa shape index (κ3) is 2.88. The van der Waals surface area contributed by atoms with Gasteiger partial charge in [-0.05, 0) is 20.9 Å². The van der Waals surface area contributed by atoms with Crippen LogP contribution in [0.15, 0.2) is 0 Å². The number of hydrogen-bond acceptors (Lipinski definition) is 4. The van der Waals surface area contributed by atoms with Gasteiger partial charge in [-0.15, -0.1) is 0 Å². The van der Waals surface area contributed by atoms with Crippen LogP contribution in [0.5, 0.6) is 0 Å². The number of urea groups is 1. The number of amides is 2. The third-order valence-corrected chi connectivity index (χ3v) is 4.25. The van der Waals surface area contributed by atoms with E-state index in [9.17, 15) is 14.7 Å². The summed E-state index contributed by atoms with van der Waals surface area (Å²) in [6.07, 6.45) is 0. The molecule has 0 aliphatic carbocycles. The van der Waals surface area contributed by atoms with Crippen LogP contribution >= 0.6 is 0 Å². The lowest BCUT2D eigenvalue weighted by molar-refractivity contribution is -0.147. The van der Waals surface area contributed by atoms with Gasteiger partial charge in [0.15, 0.2) is 6.04 Å². The van der Waals surface area contributed by atoms with Crippen molar-refractivity contribution in [2.24, 2.45) is 0 Å². The first-order valence-corrected chi connectivity index (χ1v) is 6.90. The zero-order chi connectivity index (χ0) is 14.9. The third-order valence-electron chi connectivity index (χ3n) is 4.25. The Bertz CT molecular complexity index is 399. The lowest BCUT2D eigenvalue weighted by Crippen LogP contribution is -2.63. The summed E-state index contributed by atoms with van der Waals surface area (Å²) >= 11 is 0. The lowest BCUT2D eigenvalue weighted by Gasteiger charge is -2.47. The largest absolute Gasteiger partial charge is 0.480 e. The fourth-order valence-corrected chi connectivity index (χ4v) is 2.62. The highest BCUT2D eigenvalue weighted by atomic mass is 16.5. The van der Waals surface area contributed by atoms with E-state index in [0.717, 1.165) is 6.54 Å². The highest BCUT2D eigenvalue weighted by molar-refractivity contribution is 5.83. The summed E-state index contributed by atoms with van der Waals surface area (Å²) in [6, 6.07) is -1.07. The SMILES string of the molecule is CN1CCN(C(=O)N2CCOCC2C(=O)O)CC1(C)C. The number of rotatable bonds is 1. The Morgan fingerprint density at radius 3 is 2.55 bits per heavy atom. The van der Waals surface area contributed by atoms with E-state index in [1.807, 2.05) is 7.05 Å². The monoisotopic (exact) mass is 285 g/mol. The Morgan fingerprint density at radius 2 is 1.95 bits per heavy atom. The minimum atomic E-state index is -1.01. The van der Waals surface area contributed by atoms with Gasteiger partial charge in [0.25, 0.3) is 0 Å². The van der Waals surface area contributed by atoms with E-state index in [1.54, 1.807) is 4.90 Å². The Labute approximate surface area is 119 Å². The molecule has 0 radical (unpaired) electrons. The molecule has 0 bridgehead atoms. The van der Waals surface area contributed by atoms with E-state index in [0.29, 0.717) is 26.2 Å². The van der Waals surface area contributed by atoms with Crippen molar-refractivity contribution in [3.63, 3.8) is 0 Å². The second-order valence-corrected chi connectivity index (χ2v) is 6.06. The fraction of sp³-hybridized carbons (Fsp3) is 0.846. The minimum Gasteiger partial charge on any atom is -0.480 e. The van der Waals surface area contributed by atoms with Crippen LogP contribution in [0, 0.1) is 0 Å². The number of carbonyl (C=O) groups is 2. The zero-order valence-electron chi connectivity index (χ0n) is 12.3. The van der Waals surface area contributed by atoms with Gasteiger partial charge in [0.1, 0.15) is 0 Å². The topological polar surface area (TPSA) is 73.3 Å². The van der Waals surface area contributed by atoms with E-state index in [-0.39, 0.29) is 18.2 Å². The second kappa shape index (κ2) is 5.57. The average Bonchev–Trinajstić information content (AvgIpc) is 2.41. The molecule has 2 heterocycles. The zero-order valence-corrected chi connectivity index (χ0v) is 12.3. The molecule has 2 rings (SSSR count). The van der Waals surface area contributed by atoms with Crippen LogP contribution in [0.3, 0.4) is 0 Å². The molecule has 2 aliphatic rings.